The Balaban J connectivity index is 2.31. The Hall–Kier alpha value is -1.09. The summed E-state index contributed by atoms with van der Waals surface area (Å²) in [5.41, 5.74) is 6.59. The molecule has 2 nitrogen and oxygen atoms in total. The fourth-order valence-corrected chi connectivity index (χ4v) is 2.05. The fourth-order valence-electron chi connectivity index (χ4n) is 2.05. The van der Waals surface area contributed by atoms with Crippen molar-refractivity contribution in [2.24, 2.45) is 11.7 Å². The van der Waals surface area contributed by atoms with E-state index in [0.29, 0.717) is 17.2 Å². The van der Waals surface area contributed by atoms with Crippen molar-refractivity contribution in [1.82, 2.24) is 0 Å². The van der Waals surface area contributed by atoms with E-state index in [4.69, 9.17) is 10.5 Å². The second-order valence-corrected chi connectivity index (χ2v) is 4.07. The Morgan fingerprint density at radius 2 is 2.20 bits per heavy atom. The average Bonchev–Trinajstić information content (AvgIpc) is 2.14. The minimum absolute atomic E-state index is 0.227. The summed E-state index contributed by atoms with van der Waals surface area (Å²) in [6.45, 7) is 0. The minimum atomic E-state index is -0.256. The van der Waals surface area contributed by atoms with Crippen LogP contribution in [-0.4, -0.2) is 7.11 Å². The largest absolute Gasteiger partial charge is 0.496 e. The Labute approximate surface area is 89.2 Å². The summed E-state index contributed by atoms with van der Waals surface area (Å²) >= 11 is 0. The number of rotatable bonds is 3. The summed E-state index contributed by atoms with van der Waals surface area (Å²) in [6, 6.07) is 4.62. The molecular weight excluding hydrogens is 193 g/mol. The number of ether oxygens (including phenoxy) is 1. The van der Waals surface area contributed by atoms with Gasteiger partial charge in [0, 0.05) is 11.6 Å². The highest BCUT2D eigenvalue weighted by Crippen LogP contribution is 2.40. The van der Waals surface area contributed by atoms with Crippen molar-refractivity contribution in [3.05, 3.63) is 29.6 Å². The van der Waals surface area contributed by atoms with E-state index < -0.39 is 0 Å². The number of nitrogens with two attached hydrogens (primary N) is 1. The molecule has 82 valence electrons. The van der Waals surface area contributed by atoms with Gasteiger partial charge in [-0.25, -0.2) is 4.39 Å². The maximum absolute atomic E-state index is 13.6. The van der Waals surface area contributed by atoms with Crippen molar-refractivity contribution in [3.8, 4) is 5.75 Å². The van der Waals surface area contributed by atoms with Crippen LogP contribution in [0.2, 0.25) is 0 Å². The lowest BCUT2D eigenvalue weighted by molar-refractivity contribution is 0.255. The summed E-state index contributed by atoms with van der Waals surface area (Å²) in [6.07, 6.45) is 3.40. The molecule has 2 N–H and O–H groups in total. The van der Waals surface area contributed by atoms with E-state index in [1.54, 1.807) is 19.2 Å². The van der Waals surface area contributed by atoms with Gasteiger partial charge in [-0.05, 0) is 30.9 Å². The second-order valence-electron chi connectivity index (χ2n) is 4.07. The van der Waals surface area contributed by atoms with Crippen molar-refractivity contribution in [2.45, 2.75) is 25.3 Å². The predicted octanol–water partition coefficient (Wildman–Crippen LogP) is 2.63. The Kier molecular flexibility index (Phi) is 2.91. The van der Waals surface area contributed by atoms with Crippen LogP contribution in [0.15, 0.2) is 18.2 Å². The highest BCUT2D eigenvalue weighted by molar-refractivity contribution is 5.37. The Morgan fingerprint density at radius 3 is 2.73 bits per heavy atom. The van der Waals surface area contributed by atoms with Gasteiger partial charge in [-0.15, -0.1) is 0 Å². The lowest BCUT2D eigenvalue weighted by atomic mass is 9.77. The van der Waals surface area contributed by atoms with E-state index in [1.807, 2.05) is 0 Å². The molecule has 0 unspecified atom stereocenters. The predicted molar refractivity (Wildman–Crippen MR) is 57.2 cm³/mol. The standard InChI is InChI=1S/C12H16FNO/c1-15-10-7-3-6-9(13)11(10)12(14)8-4-2-5-8/h3,6-8,12H,2,4-5,14H2,1H3/t12-/m0/s1. The van der Waals surface area contributed by atoms with Crippen LogP contribution < -0.4 is 10.5 Å². The van der Waals surface area contributed by atoms with E-state index >= 15 is 0 Å². The number of benzene rings is 1. The van der Waals surface area contributed by atoms with E-state index in [-0.39, 0.29) is 11.9 Å². The zero-order valence-electron chi connectivity index (χ0n) is 8.87. The Bertz CT molecular complexity index is 349. The zero-order valence-corrected chi connectivity index (χ0v) is 8.87. The molecule has 1 saturated carbocycles. The molecule has 1 atom stereocenters. The molecule has 0 aromatic heterocycles. The lowest BCUT2D eigenvalue weighted by Gasteiger charge is -2.32. The van der Waals surface area contributed by atoms with Gasteiger partial charge in [-0.2, -0.15) is 0 Å². The van der Waals surface area contributed by atoms with Crippen molar-refractivity contribution in [2.75, 3.05) is 7.11 Å². The van der Waals surface area contributed by atoms with Gasteiger partial charge in [0.2, 0.25) is 0 Å². The quantitative estimate of drug-likeness (QED) is 0.830. The highest BCUT2D eigenvalue weighted by Gasteiger charge is 2.29. The van der Waals surface area contributed by atoms with E-state index in [0.717, 1.165) is 12.8 Å². The topological polar surface area (TPSA) is 35.2 Å². The molecule has 0 radical (unpaired) electrons. The molecule has 0 heterocycles. The van der Waals surface area contributed by atoms with Gasteiger partial charge in [0.05, 0.1) is 7.11 Å². The summed E-state index contributed by atoms with van der Waals surface area (Å²) in [5, 5.41) is 0. The molecule has 0 amide bonds. The van der Waals surface area contributed by atoms with Crippen molar-refractivity contribution < 1.29 is 9.13 Å². The molecular formula is C12H16FNO. The molecule has 2 rings (SSSR count). The lowest BCUT2D eigenvalue weighted by Crippen LogP contribution is -2.28. The van der Waals surface area contributed by atoms with Gasteiger partial charge in [-0.1, -0.05) is 12.5 Å². The first kappa shape index (κ1) is 10.4. The van der Waals surface area contributed by atoms with Gasteiger partial charge in [-0.3, -0.25) is 0 Å². The molecule has 1 fully saturated rings. The number of halogens is 1. The van der Waals surface area contributed by atoms with E-state index in [9.17, 15) is 4.39 Å². The van der Waals surface area contributed by atoms with Crippen LogP contribution in [0.1, 0.15) is 30.9 Å². The summed E-state index contributed by atoms with van der Waals surface area (Å²) in [5.74, 6) is 0.721. The zero-order chi connectivity index (χ0) is 10.8. The van der Waals surface area contributed by atoms with Gasteiger partial charge in [0.25, 0.3) is 0 Å². The van der Waals surface area contributed by atoms with Gasteiger partial charge in [0.15, 0.2) is 0 Å². The highest BCUT2D eigenvalue weighted by atomic mass is 19.1. The maximum atomic E-state index is 13.6. The molecule has 3 heteroatoms. The molecule has 0 bridgehead atoms. The first-order chi connectivity index (χ1) is 7.24. The molecule has 1 aliphatic rings. The van der Waals surface area contributed by atoms with E-state index in [2.05, 4.69) is 0 Å². The van der Waals surface area contributed by atoms with Gasteiger partial charge in [0.1, 0.15) is 11.6 Å². The van der Waals surface area contributed by atoms with Crippen molar-refractivity contribution >= 4 is 0 Å². The minimum Gasteiger partial charge on any atom is -0.496 e. The van der Waals surface area contributed by atoms with E-state index in [1.165, 1.54) is 12.5 Å². The number of hydrogen-bond acceptors (Lipinski definition) is 2. The molecule has 1 aliphatic carbocycles. The normalized spacial score (nSPS) is 18.3. The van der Waals surface area contributed by atoms with Crippen LogP contribution in [0, 0.1) is 11.7 Å². The monoisotopic (exact) mass is 209 g/mol. The third kappa shape index (κ3) is 1.84. The third-order valence-corrected chi connectivity index (χ3v) is 3.22. The first-order valence-corrected chi connectivity index (χ1v) is 5.32. The van der Waals surface area contributed by atoms with Crippen LogP contribution >= 0.6 is 0 Å². The van der Waals surface area contributed by atoms with Crippen LogP contribution in [0.4, 0.5) is 4.39 Å². The smallest absolute Gasteiger partial charge is 0.131 e. The Morgan fingerprint density at radius 1 is 1.47 bits per heavy atom. The molecule has 1 aromatic carbocycles. The molecule has 0 saturated heterocycles. The van der Waals surface area contributed by atoms with Gasteiger partial charge >= 0.3 is 0 Å². The third-order valence-electron chi connectivity index (χ3n) is 3.22. The second kappa shape index (κ2) is 4.19. The summed E-state index contributed by atoms with van der Waals surface area (Å²) in [7, 11) is 1.55. The molecule has 15 heavy (non-hydrogen) atoms. The van der Waals surface area contributed by atoms with Crippen LogP contribution in [0.25, 0.3) is 0 Å². The van der Waals surface area contributed by atoms with Crippen LogP contribution in [0.5, 0.6) is 5.75 Å². The molecule has 0 aliphatic heterocycles. The molecule has 1 aromatic rings. The molecule has 0 spiro atoms. The van der Waals surface area contributed by atoms with Crippen molar-refractivity contribution in [1.29, 1.82) is 0 Å². The SMILES string of the molecule is COc1cccc(F)c1[C@@H](N)C1CCC1. The number of methoxy groups -OCH3 is 1. The van der Waals surface area contributed by atoms with Gasteiger partial charge < -0.3 is 10.5 Å². The van der Waals surface area contributed by atoms with Crippen LogP contribution in [0.3, 0.4) is 0 Å². The maximum Gasteiger partial charge on any atom is 0.131 e. The summed E-state index contributed by atoms with van der Waals surface area (Å²) in [4.78, 5) is 0. The first-order valence-electron chi connectivity index (χ1n) is 5.32. The summed E-state index contributed by atoms with van der Waals surface area (Å²) < 4.78 is 18.8. The van der Waals surface area contributed by atoms with Crippen LogP contribution in [-0.2, 0) is 0 Å². The fraction of sp³-hybridized carbons (Fsp3) is 0.500. The van der Waals surface area contributed by atoms with Crippen molar-refractivity contribution in [3.63, 3.8) is 0 Å². The number of hydrogen-bond donors (Lipinski definition) is 1. The average molecular weight is 209 g/mol.